The van der Waals surface area contributed by atoms with Crippen molar-refractivity contribution in [3.63, 3.8) is 0 Å². The molecule has 0 saturated carbocycles. The van der Waals surface area contributed by atoms with Crippen molar-refractivity contribution >= 4 is 5.91 Å². The molecular formula is C8H12F3NO3. The Kier molecular flexibility index (Phi) is 3.92. The molecule has 1 aliphatic rings. The van der Waals surface area contributed by atoms with Crippen molar-refractivity contribution in [2.75, 3.05) is 26.3 Å². The minimum absolute atomic E-state index is 0.0193. The van der Waals surface area contributed by atoms with Gasteiger partial charge in [0.05, 0.1) is 19.3 Å². The van der Waals surface area contributed by atoms with Crippen LogP contribution in [0.4, 0.5) is 13.2 Å². The van der Waals surface area contributed by atoms with Gasteiger partial charge in [0, 0.05) is 13.1 Å². The van der Waals surface area contributed by atoms with Crippen LogP contribution >= 0.6 is 0 Å². The van der Waals surface area contributed by atoms with Crippen LogP contribution in [-0.2, 0) is 9.53 Å². The SMILES string of the molecule is O=C(CC(F)(F)F)N1CCOC(CO)C1. The standard InChI is InChI=1S/C8H12F3NO3/c9-8(10,11)3-7(14)12-1-2-15-6(4-12)5-13/h6,13H,1-5H2. The summed E-state index contributed by atoms with van der Waals surface area (Å²) in [5.41, 5.74) is 0. The van der Waals surface area contributed by atoms with Crippen molar-refractivity contribution in [2.24, 2.45) is 0 Å². The molecule has 0 aromatic heterocycles. The summed E-state index contributed by atoms with van der Waals surface area (Å²) in [7, 11) is 0. The first kappa shape index (κ1) is 12.3. The molecule has 1 amide bonds. The lowest BCUT2D eigenvalue weighted by Crippen LogP contribution is -2.47. The predicted molar refractivity (Wildman–Crippen MR) is 44.1 cm³/mol. The maximum absolute atomic E-state index is 11.9. The van der Waals surface area contributed by atoms with Crippen LogP contribution in [0.1, 0.15) is 6.42 Å². The molecule has 0 bridgehead atoms. The van der Waals surface area contributed by atoms with Gasteiger partial charge in [0.1, 0.15) is 6.42 Å². The lowest BCUT2D eigenvalue weighted by atomic mass is 10.2. The number of halogens is 3. The highest BCUT2D eigenvalue weighted by Crippen LogP contribution is 2.21. The zero-order chi connectivity index (χ0) is 11.5. The van der Waals surface area contributed by atoms with E-state index in [1.54, 1.807) is 0 Å². The van der Waals surface area contributed by atoms with E-state index >= 15 is 0 Å². The first-order chi connectivity index (χ1) is 6.92. The molecule has 1 aliphatic heterocycles. The average molecular weight is 227 g/mol. The maximum atomic E-state index is 11.9. The highest BCUT2D eigenvalue weighted by atomic mass is 19.4. The quantitative estimate of drug-likeness (QED) is 0.731. The lowest BCUT2D eigenvalue weighted by molar-refractivity contribution is -0.166. The second-order valence-electron chi connectivity index (χ2n) is 3.31. The van der Waals surface area contributed by atoms with E-state index in [4.69, 9.17) is 9.84 Å². The Morgan fingerprint density at radius 2 is 2.20 bits per heavy atom. The van der Waals surface area contributed by atoms with Gasteiger partial charge < -0.3 is 14.7 Å². The van der Waals surface area contributed by atoms with Gasteiger partial charge in [-0.15, -0.1) is 0 Å². The van der Waals surface area contributed by atoms with Crippen molar-refractivity contribution < 1.29 is 27.8 Å². The summed E-state index contributed by atoms with van der Waals surface area (Å²) in [6.07, 6.45) is -6.51. The molecule has 1 atom stereocenters. The number of alkyl halides is 3. The number of carbonyl (C=O) groups is 1. The molecule has 4 nitrogen and oxygen atoms in total. The van der Waals surface area contributed by atoms with Crippen LogP contribution < -0.4 is 0 Å². The Morgan fingerprint density at radius 1 is 1.53 bits per heavy atom. The molecule has 7 heteroatoms. The topological polar surface area (TPSA) is 49.8 Å². The molecule has 0 radical (unpaired) electrons. The van der Waals surface area contributed by atoms with Crippen LogP contribution in [0.25, 0.3) is 0 Å². The van der Waals surface area contributed by atoms with Gasteiger partial charge in [-0.3, -0.25) is 4.79 Å². The third-order valence-electron chi connectivity index (χ3n) is 2.05. The number of hydrogen-bond acceptors (Lipinski definition) is 3. The van der Waals surface area contributed by atoms with Crippen LogP contribution in [-0.4, -0.2) is 54.5 Å². The van der Waals surface area contributed by atoms with E-state index < -0.39 is 24.6 Å². The fourth-order valence-electron chi connectivity index (χ4n) is 1.34. The third-order valence-corrected chi connectivity index (χ3v) is 2.05. The van der Waals surface area contributed by atoms with E-state index in [0.29, 0.717) is 0 Å². The molecule has 1 saturated heterocycles. The third kappa shape index (κ3) is 4.05. The number of carbonyl (C=O) groups excluding carboxylic acids is 1. The smallest absolute Gasteiger partial charge is 0.394 e. The lowest BCUT2D eigenvalue weighted by Gasteiger charge is -2.32. The number of ether oxygens (including phenoxy) is 1. The van der Waals surface area contributed by atoms with Crippen LogP contribution in [0, 0.1) is 0 Å². The fraction of sp³-hybridized carbons (Fsp3) is 0.875. The minimum Gasteiger partial charge on any atom is -0.394 e. The van der Waals surface area contributed by atoms with Crippen LogP contribution in [0.2, 0.25) is 0 Å². The number of nitrogens with zero attached hydrogens (tertiary/aromatic N) is 1. The summed E-state index contributed by atoms with van der Waals surface area (Å²) in [6, 6.07) is 0. The maximum Gasteiger partial charge on any atom is 0.397 e. The number of hydrogen-bond donors (Lipinski definition) is 1. The molecule has 1 unspecified atom stereocenters. The molecule has 0 aromatic rings. The van der Waals surface area contributed by atoms with Crippen molar-refractivity contribution in [1.29, 1.82) is 0 Å². The second-order valence-corrected chi connectivity index (χ2v) is 3.31. The molecule has 1 heterocycles. The highest BCUT2D eigenvalue weighted by Gasteiger charge is 2.35. The van der Waals surface area contributed by atoms with E-state index in [9.17, 15) is 18.0 Å². The van der Waals surface area contributed by atoms with Gasteiger partial charge in [-0.05, 0) is 0 Å². The van der Waals surface area contributed by atoms with Gasteiger partial charge in [0.2, 0.25) is 5.91 Å². The molecule has 0 aliphatic carbocycles. The van der Waals surface area contributed by atoms with Gasteiger partial charge in [0.25, 0.3) is 0 Å². The zero-order valence-corrected chi connectivity index (χ0v) is 7.96. The normalized spacial score (nSPS) is 22.9. The van der Waals surface area contributed by atoms with E-state index in [1.165, 1.54) is 0 Å². The highest BCUT2D eigenvalue weighted by molar-refractivity contribution is 5.76. The summed E-state index contributed by atoms with van der Waals surface area (Å²) < 4.78 is 40.7. The summed E-state index contributed by atoms with van der Waals surface area (Å²) in [6.45, 7) is 0.0292. The molecule has 0 aromatic carbocycles. The minimum atomic E-state index is -4.48. The number of aliphatic hydroxyl groups excluding tert-OH is 1. The Labute approximate surface area is 84.6 Å². The first-order valence-electron chi connectivity index (χ1n) is 4.49. The second kappa shape index (κ2) is 4.80. The Bertz CT molecular complexity index is 232. The summed E-state index contributed by atoms with van der Waals surface area (Å²) in [4.78, 5) is 12.2. The Balaban J connectivity index is 2.45. The van der Waals surface area contributed by atoms with Crippen molar-refractivity contribution in [3.8, 4) is 0 Å². The largest absolute Gasteiger partial charge is 0.397 e. The molecule has 1 N–H and O–H groups in total. The molecule has 1 fully saturated rings. The number of aliphatic hydroxyl groups is 1. The van der Waals surface area contributed by atoms with Crippen molar-refractivity contribution in [2.45, 2.75) is 18.7 Å². The fourth-order valence-corrected chi connectivity index (χ4v) is 1.34. The zero-order valence-electron chi connectivity index (χ0n) is 7.96. The summed E-state index contributed by atoms with van der Waals surface area (Å²) in [5.74, 6) is -0.968. The summed E-state index contributed by atoms with van der Waals surface area (Å²) in [5, 5.41) is 8.74. The monoisotopic (exact) mass is 227 g/mol. The number of rotatable bonds is 2. The average Bonchev–Trinajstić information content (AvgIpc) is 2.15. The van der Waals surface area contributed by atoms with Gasteiger partial charge >= 0.3 is 6.18 Å². The number of amides is 1. The summed E-state index contributed by atoms with van der Waals surface area (Å²) >= 11 is 0. The first-order valence-corrected chi connectivity index (χ1v) is 4.49. The van der Waals surface area contributed by atoms with Crippen LogP contribution in [0.3, 0.4) is 0 Å². The molecule has 15 heavy (non-hydrogen) atoms. The van der Waals surface area contributed by atoms with Crippen LogP contribution in [0.5, 0.6) is 0 Å². The van der Waals surface area contributed by atoms with Crippen molar-refractivity contribution in [1.82, 2.24) is 4.90 Å². The van der Waals surface area contributed by atoms with Gasteiger partial charge in [-0.25, -0.2) is 0 Å². The Morgan fingerprint density at radius 3 is 2.73 bits per heavy atom. The Hall–Kier alpha value is -0.820. The number of morpholine rings is 1. The van der Waals surface area contributed by atoms with Gasteiger partial charge in [-0.1, -0.05) is 0 Å². The van der Waals surface area contributed by atoms with E-state index in [-0.39, 0.29) is 26.3 Å². The van der Waals surface area contributed by atoms with Gasteiger partial charge in [-0.2, -0.15) is 13.2 Å². The molecule has 88 valence electrons. The predicted octanol–water partition coefficient (Wildman–Crippen LogP) is 0.159. The van der Waals surface area contributed by atoms with Crippen molar-refractivity contribution in [3.05, 3.63) is 0 Å². The van der Waals surface area contributed by atoms with Crippen LogP contribution in [0.15, 0.2) is 0 Å². The molecular weight excluding hydrogens is 215 g/mol. The van der Waals surface area contributed by atoms with Gasteiger partial charge in [0.15, 0.2) is 0 Å². The van der Waals surface area contributed by atoms with E-state index in [2.05, 4.69) is 0 Å². The van der Waals surface area contributed by atoms with E-state index in [0.717, 1.165) is 4.90 Å². The van der Waals surface area contributed by atoms with E-state index in [1.807, 2.05) is 0 Å². The molecule has 0 spiro atoms. The molecule has 1 rings (SSSR count).